The first kappa shape index (κ1) is 16.7. The molecule has 1 fully saturated rings. The van der Waals surface area contributed by atoms with Crippen molar-refractivity contribution in [2.75, 3.05) is 6.61 Å². The Kier molecular flexibility index (Phi) is 6.19. The van der Waals surface area contributed by atoms with Crippen LogP contribution in [0, 0.1) is 11.8 Å². The Bertz CT molecular complexity index is 494. The van der Waals surface area contributed by atoms with Gasteiger partial charge in [-0.05, 0) is 49.7 Å². The van der Waals surface area contributed by atoms with Crippen LogP contribution in [-0.2, 0) is 0 Å². The number of hydroxylamine groups is 1. The Morgan fingerprint density at radius 2 is 2.14 bits per heavy atom. The standard InChI is InChI=1S/C17H27N3O2/c1-12(2)11-22-17-15(5-4-10-18-17)16(20-21)19-14-8-6-13(3)7-9-14/h4-5,10,12-14,21H,6-9,11H2,1-3H3,(H,19,20). The van der Waals surface area contributed by atoms with Crippen LogP contribution in [0.2, 0.25) is 0 Å². The zero-order valence-electron chi connectivity index (χ0n) is 13.7. The van der Waals surface area contributed by atoms with Crippen LogP contribution in [0.3, 0.4) is 0 Å². The molecule has 22 heavy (non-hydrogen) atoms. The molecule has 122 valence electrons. The minimum Gasteiger partial charge on any atom is -0.477 e. The summed E-state index contributed by atoms with van der Waals surface area (Å²) in [6, 6.07) is 3.95. The molecule has 0 atom stereocenters. The highest BCUT2D eigenvalue weighted by Gasteiger charge is 2.20. The number of amidine groups is 1. The van der Waals surface area contributed by atoms with Gasteiger partial charge < -0.3 is 4.74 Å². The molecule has 0 aromatic carbocycles. The summed E-state index contributed by atoms with van der Waals surface area (Å²) in [6.07, 6.45) is 6.20. The summed E-state index contributed by atoms with van der Waals surface area (Å²) < 4.78 is 5.74. The van der Waals surface area contributed by atoms with Crippen LogP contribution < -0.4 is 10.2 Å². The molecule has 0 amide bonds. The number of hydrogen-bond acceptors (Lipinski definition) is 4. The predicted molar refractivity (Wildman–Crippen MR) is 87.4 cm³/mol. The molecule has 5 nitrogen and oxygen atoms in total. The number of aliphatic imine (C=N–C) groups is 1. The quantitative estimate of drug-likeness (QED) is 0.497. The van der Waals surface area contributed by atoms with Gasteiger partial charge in [0.25, 0.3) is 0 Å². The fourth-order valence-electron chi connectivity index (χ4n) is 2.64. The SMILES string of the molecule is CC(C)COc1ncccc1C(=NC1CCC(C)CC1)NO. The van der Waals surface area contributed by atoms with Crippen molar-refractivity contribution in [2.24, 2.45) is 16.8 Å². The number of aromatic nitrogens is 1. The summed E-state index contributed by atoms with van der Waals surface area (Å²) in [5.41, 5.74) is 2.95. The van der Waals surface area contributed by atoms with Crippen molar-refractivity contribution in [3.8, 4) is 5.88 Å². The van der Waals surface area contributed by atoms with Crippen LogP contribution in [0.4, 0.5) is 0 Å². The van der Waals surface area contributed by atoms with Gasteiger partial charge in [0.1, 0.15) is 0 Å². The average Bonchev–Trinajstić information content (AvgIpc) is 2.53. The van der Waals surface area contributed by atoms with Gasteiger partial charge in [0.05, 0.1) is 18.2 Å². The molecule has 0 spiro atoms. The molecular formula is C17H27N3O2. The first-order valence-corrected chi connectivity index (χ1v) is 8.16. The minimum absolute atomic E-state index is 0.254. The van der Waals surface area contributed by atoms with Crippen LogP contribution in [0.25, 0.3) is 0 Å². The fraction of sp³-hybridized carbons (Fsp3) is 0.647. The fourth-order valence-corrected chi connectivity index (χ4v) is 2.64. The summed E-state index contributed by atoms with van der Waals surface area (Å²) >= 11 is 0. The summed E-state index contributed by atoms with van der Waals surface area (Å²) in [5, 5.41) is 9.50. The van der Waals surface area contributed by atoms with Crippen LogP contribution in [0.1, 0.15) is 52.0 Å². The van der Waals surface area contributed by atoms with Gasteiger partial charge in [0.2, 0.25) is 5.88 Å². The first-order chi connectivity index (χ1) is 10.6. The third-order valence-electron chi connectivity index (χ3n) is 3.98. The van der Waals surface area contributed by atoms with Crippen molar-refractivity contribution < 1.29 is 9.94 Å². The van der Waals surface area contributed by atoms with E-state index in [0.717, 1.165) is 18.8 Å². The Balaban J connectivity index is 2.16. The molecule has 0 radical (unpaired) electrons. The van der Waals surface area contributed by atoms with E-state index in [-0.39, 0.29) is 6.04 Å². The van der Waals surface area contributed by atoms with E-state index in [1.807, 2.05) is 12.1 Å². The van der Waals surface area contributed by atoms with E-state index in [4.69, 9.17) is 4.74 Å². The van der Waals surface area contributed by atoms with E-state index in [1.54, 1.807) is 6.20 Å². The normalized spacial score (nSPS) is 22.7. The highest BCUT2D eigenvalue weighted by atomic mass is 16.5. The van der Waals surface area contributed by atoms with Gasteiger partial charge in [-0.3, -0.25) is 15.7 Å². The molecule has 1 aromatic rings. The van der Waals surface area contributed by atoms with E-state index in [0.29, 0.717) is 29.8 Å². The van der Waals surface area contributed by atoms with Crippen molar-refractivity contribution in [3.63, 3.8) is 0 Å². The Hall–Kier alpha value is -1.62. The monoisotopic (exact) mass is 305 g/mol. The molecule has 5 heteroatoms. The van der Waals surface area contributed by atoms with Gasteiger partial charge in [0.15, 0.2) is 5.84 Å². The van der Waals surface area contributed by atoms with Crippen molar-refractivity contribution >= 4 is 5.84 Å². The summed E-state index contributed by atoms with van der Waals surface area (Å²) in [6.45, 7) is 7.05. The molecule has 2 N–H and O–H groups in total. The Labute approximate surface area is 132 Å². The van der Waals surface area contributed by atoms with Gasteiger partial charge in [-0.15, -0.1) is 0 Å². The van der Waals surface area contributed by atoms with Crippen molar-refractivity contribution in [1.82, 2.24) is 10.5 Å². The lowest BCUT2D eigenvalue weighted by Crippen LogP contribution is -2.26. The Morgan fingerprint density at radius 1 is 1.41 bits per heavy atom. The van der Waals surface area contributed by atoms with Crippen LogP contribution in [0.5, 0.6) is 5.88 Å². The highest BCUT2D eigenvalue weighted by Crippen LogP contribution is 2.26. The van der Waals surface area contributed by atoms with E-state index in [1.165, 1.54) is 12.8 Å². The van der Waals surface area contributed by atoms with Gasteiger partial charge in [-0.1, -0.05) is 20.8 Å². The van der Waals surface area contributed by atoms with Gasteiger partial charge in [-0.25, -0.2) is 4.98 Å². The zero-order valence-corrected chi connectivity index (χ0v) is 13.7. The molecule has 1 saturated carbocycles. The smallest absolute Gasteiger partial charge is 0.224 e. The second-order valence-corrected chi connectivity index (χ2v) is 6.56. The molecule has 1 aliphatic rings. The van der Waals surface area contributed by atoms with E-state index in [2.05, 4.69) is 36.2 Å². The molecular weight excluding hydrogens is 278 g/mol. The lowest BCUT2D eigenvalue weighted by molar-refractivity contribution is 0.230. The highest BCUT2D eigenvalue weighted by molar-refractivity contribution is 6.00. The number of pyridine rings is 1. The van der Waals surface area contributed by atoms with E-state index in [9.17, 15) is 5.21 Å². The molecule has 0 bridgehead atoms. The predicted octanol–water partition coefficient (Wildman–Crippen LogP) is 3.42. The molecule has 0 aliphatic heterocycles. The van der Waals surface area contributed by atoms with Crippen LogP contribution >= 0.6 is 0 Å². The van der Waals surface area contributed by atoms with E-state index < -0.39 is 0 Å². The number of rotatable bonds is 5. The molecule has 0 saturated heterocycles. The molecule has 1 aromatic heterocycles. The topological polar surface area (TPSA) is 66.7 Å². The largest absolute Gasteiger partial charge is 0.477 e. The second-order valence-electron chi connectivity index (χ2n) is 6.56. The van der Waals surface area contributed by atoms with Gasteiger partial charge in [-0.2, -0.15) is 0 Å². The van der Waals surface area contributed by atoms with Crippen LogP contribution in [0.15, 0.2) is 23.3 Å². The summed E-state index contributed by atoms with van der Waals surface area (Å²) in [4.78, 5) is 8.95. The third kappa shape index (κ3) is 4.70. The van der Waals surface area contributed by atoms with Crippen molar-refractivity contribution in [2.45, 2.75) is 52.5 Å². The second kappa shape index (κ2) is 8.13. The van der Waals surface area contributed by atoms with Crippen molar-refractivity contribution in [1.29, 1.82) is 0 Å². The minimum atomic E-state index is 0.254. The molecule has 0 unspecified atom stereocenters. The summed E-state index contributed by atoms with van der Waals surface area (Å²) in [5.74, 6) is 2.16. The van der Waals surface area contributed by atoms with Gasteiger partial charge in [0, 0.05) is 6.20 Å². The maximum atomic E-state index is 9.50. The zero-order chi connectivity index (χ0) is 15.9. The molecule has 1 heterocycles. The number of hydrogen-bond donors (Lipinski definition) is 2. The lowest BCUT2D eigenvalue weighted by Gasteiger charge is -2.24. The number of nitrogens with one attached hydrogen (secondary N) is 1. The maximum absolute atomic E-state index is 9.50. The Morgan fingerprint density at radius 3 is 2.77 bits per heavy atom. The van der Waals surface area contributed by atoms with E-state index >= 15 is 0 Å². The summed E-state index contributed by atoms with van der Waals surface area (Å²) in [7, 11) is 0. The maximum Gasteiger partial charge on any atom is 0.224 e. The first-order valence-electron chi connectivity index (χ1n) is 8.16. The molecule has 1 aliphatic carbocycles. The third-order valence-corrected chi connectivity index (χ3v) is 3.98. The average molecular weight is 305 g/mol. The molecule has 2 rings (SSSR count). The lowest BCUT2D eigenvalue weighted by atomic mass is 9.88. The van der Waals surface area contributed by atoms with Crippen LogP contribution in [-0.4, -0.2) is 28.7 Å². The number of ether oxygens (including phenoxy) is 1. The van der Waals surface area contributed by atoms with Crippen molar-refractivity contribution in [3.05, 3.63) is 23.9 Å². The van der Waals surface area contributed by atoms with Gasteiger partial charge >= 0.3 is 0 Å². The number of nitrogens with zero attached hydrogens (tertiary/aromatic N) is 2.